The monoisotopic (exact) mass is 184 g/mol. The van der Waals surface area contributed by atoms with E-state index in [1.165, 1.54) is 5.57 Å². The molecule has 12 heavy (non-hydrogen) atoms. The van der Waals surface area contributed by atoms with Gasteiger partial charge in [-0.2, -0.15) is 12.6 Å². The summed E-state index contributed by atoms with van der Waals surface area (Å²) in [7, 11) is 0. The zero-order valence-corrected chi connectivity index (χ0v) is 9.03. The lowest BCUT2D eigenvalue weighted by Gasteiger charge is -2.34. The number of rotatable bonds is 0. The number of hydrogen-bond acceptors (Lipinski definition) is 2. The number of thiol groups is 1. The van der Waals surface area contributed by atoms with Crippen LogP contribution in [-0.4, -0.2) is 11.0 Å². The molecule has 0 N–H and O–H groups in total. The fraction of sp³-hybridized carbons (Fsp3) is 0.700. The topological polar surface area (TPSA) is 17.1 Å². The highest BCUT2D eigenvalue weighted by Crippen LogP contribution is 2.39. The summed E-state index contributed by atoms with van der Waals surface area (Å²) in [5.74, 6) is 0.204. The van der Waals surface area contributed by atoms with Crippen LogP contribution in [0.25, 0.3) is 0 Å². The third-order valence-electron chi connectivity index (χ3n) is 2.95. The molecule has 0 spiro atoms. The van der Waals surface area contributed by atoms with Crippen LogP contribution in [0.1, 0.15) is 34.1 Å². The van der Waals surface area contributed by atoms with Gasteiger partial charge in [-0.15, -0.1) is 0 Å². The van der Waals surface area contributed by atoms with Gasteiger partial charge >= 0.3 is 0 Å². The van der Waals surface area contributed by atoms with E-state index in [0.29, 0.717) is 0 Å². The standard InChI is InChI=1S/C10H16OS/c1-6-7(2)10(3,4)5-8(12)9(6)11/h8,12H,5H2,1-4H3. The van der Waals surface area contributed by atoms with Crippen LogP contribution in [-0.2, 0) is 4.79 Å². The number of carbonyl (C=O) groups is 1. The molecule has 1 aliphatic rings. The molecule has 0 aliphatic heterocycles. The minimum absolute atomic E-state index is 0.0938. The Kier molecular flexibility index (Phi) is 2.39. The van der Waals surface area contributed by atoms with Crippen molar-refractivity contribution >= 4 is 18.4 Å². The van der Waals surface area contributed by atoms with E-state index >= 15 is 0 Å². The summed E-state index contributed by atoms with van der Waals surface area (Å²) < 4.78 is 0. The van der Waals surface area contributed by atoms with Crippen LogP contribution in [0.3, 0.4) is 0 Å². The Morgan fingerprint density at radius 3 is 2.42 bits per heavy atom. The number of ketones is 1. The first kappa shape index (κ1) is 9.85. The van der Waals surface area contributed by atoms with Gasteiger partial charge in [-0.3, -0.25) is 4.79 Å². The Morgan fingerprint density at radius 1 is 1.42 bits per heavy atom. The van der Waals surface area contributed by atoms with Crippen LogP contribution in [0.15, 0.2) is 11.1 Å². The number of hydrogen-bond donors (Lipinski definition) is 1. The number of carbonyl (C=O) groups excluding carboxylic acids is 1. The highest BCUT2D eigenvalue weighted by molar-refractivity contribution is 7.81. The molecule has 1 rings (SSSR count). The smallest absolute Gasteiger partial charge is 0.171 e. The minimum Gasteiger partial charge on any atom is -0.293 e. The van der Waals surface area contributed by atoms with Crippen LogP contribution in [0.2, 0.25) is 0 Å². The zero-order chi connectivity index (χ0) is 9.52. The molecular weight excluding hydrogens is 168 g/mol. The quantitative estimate of drug-likeness (QED) is 0.573. The summed E-state index contributed by atoms with van der Waals surface area (Å²) in [6.07, 6.45) is 0.859. The summed E-state index contributed by atoms with van der Waals surface area (Å²) in [5.41, 5.74) is 2.27. The molecule has 1 atom stereocenters. The van der Waals surface area contributed by atoms with Crippen molar-refractivity contribution in [1.82, 2.24) is 0 Å². The molecule has 1 nitrogen and oxygen atoms in total. The summed E-state index contributed by atoms with van der Waals surface area (Å²) in [6.45, 7) is 8.29. The van der Waals surface area contributed by atoms with E-state index in [4.69, 9.17) is 0 Å². The maximum absolute atomic E-state index is 11.5. The van der Waals surface area contributed by atoms with E-state index in [1.807, 2.05) is 13.8 Å². The van der Waals surface area contributed by atoms with Crippen LogP contribution < -0.4 is 0 Å². The molecule has 0 bridgehead atoms. The van der Waals surface area contributed by atoms with Gasteiger partial charge in [0.05, 0.1) is 5.25 Å². The molecule has 0 fully saturated rings. The summed E-state index contributed by atoms with van der Waals surface area (Å²) in [4.78, 5) is 11.5. The maximum Gasteiger partial charge on any atom is 0.171 e. The first-order chi connectivity index (χ1) is 5.36. The minimum atomic E-state index is -0.0938. The molecule has 0 heterocycles. The molecule has 0 amide bonds. The Bertz CT molecular complexity index is 251. The molecule has 0 aromatic rings. The van der Waals surface area contributed by atoms with E-state index in [2.05, 4.69) is 26.5 Å². The molecule has 1 aliphatic carbocycles. The Labute approximate surface area is 79.6 Å². The molecule has 0 aromatic carbocycles. The van der Waals surface area contributed by atoms with E-state index in [1.54, 1.807) is 0 Å². The highest BCUT2D eigenvalue weighted by Gasteiger charge is 2.34. The van der Waals surface area contributed by atoms with Crippen LogP contribution in [0.4, 0.5) is 0 Å². The first-order valence-corrected chi connectivity index (χ1v) is 4.78. The Morgan fingerprint density at radius 2 is 1.92 bits per heavy atom. The van der Waals surface area contributed by atoms with Gasteiger partial charge in [0.1, 0.15) is 0 Å². The van der Waals surface area contributed by atoms with Crippen molar-refractivity contribution in [3.8, 4) is 0 Å². The molecule has 0 radical (unpaired) electrons. The average Bonchev–Trinajstić information content (AvgIpc) is 1.97. The van der Waals surface area contributed by atoms with Crippen molar-refractivity contribution in [2.75, 3.05) is 0 Å². The zero-order valence-electron chi connectivity index (χ0n) is 8.14. The SMILES string of the molecule is CC1=C(C)C(C)(C)CC(S)C1=O. The molecule has 0 saturated carbocycles. The van der Waals surface area contributed by atoms with Crippen molar-refractivity contribution in [1.29, 1.82) is 0 Å². The Hall–Kier alpha value is -0.240. The number of Topliss-reactive ketones (excluding diaryl/α,β-unsaturated/α-hetero) is 1. The lowest BCUT2D eigenvalue weighted by Crippen LogP contribution is -2.32. The molecule has 2 heteroatoms. The lowest BCUT2D eigenvalue weighted by molar-refractivity contribution is -0.116. The Balaban J connectivity index is 3.13. The summed E-state index contributed by atoms with van der Waals surface area (Å²) in [6, 6.07) is 0. The third kappa shape index (κ3) is 1.45. The predicted molar refractivity (Wildman–Crippen MR) is 54.6 cm³/mol. The van der Waals surface area contributed by atoms with Crippen molar-refractivity contribution in [3.05, 3.63) is 11.1 Å². The van der Waals surface area contributed by atoms with Crippen LogP contribution >= 0.6 is 12.6 Å². The van der Waals surface area contributed by atoms with Crippen molar-refractivity contribution in [2.45, 2.75) is 39.4 Å². The maximum atomic E-state index is 11.5. The largest absolute Gasteiger partial charge is 0.293 e. The molecular formula is C10H16OS. The van der Waals surface area contributed by atoms with Crippen molar-refractivity contribution in [3.63, 3.8) is 0 Å². The normalized spacial score (nSPS) is 29.4. The third-order valence-corrected chi connectivity index (χ3v) is 3.37. The van der Waals surface area contributed by atoms with Crippen molar-refractivity contribution in [2.24, 2.45) is 5.41 Å². The van der Waals surface area contributed by atoms with E-state index in [-0.39, 0.29) is 16.4 Å². The lowest BCUT2D eigenvalue weighted by atomic mass is 9.73. The summed E-state index contributed by atoms with van der Waals surface area (Å²) >= 11 is 4.29. The number of allylic oxidation sites excluding steroid dienone is 2. The van der Waals surface area contributed by atoms with Gasteiger partial charge < -0.3 is 0 Å². The van der Waals surface area contributed by atoms with Gasteiger partial charge in [0.2, 0.25) is 0 Å². The van der Waals surface area contributed by atoms with E-state index in [0.717, 1.165) is 12.0 Å². The van der Waals surface area contributed by atoms with Gasteiger partial charge in [-0.25, -0.2) is 0 Å². The van der Waals surface area contributed by atoms with Gasteiger partial charge in [-0.1, -0.05) is 19.4 Å². The van der Waals surface area contributed by atoms with Crippen LogP contribution in [0, 0.1) is 5.41 Å². The van der Waals surface area contributed by atoms with Crippen molar-refractivity contribution < 1.29 is 4.79 Å². The second-order valence-corrected chi connectivity index (χ2v) is 4.84. The predicted octanol–water partition coefficient (Wildman–Crippen LogP) is 2.62. The second kappa shape index (κ2) is 2.91. The molecule has 68 valence electrons. The second-order valence-electron chi connectivity index (χ2n) is 4.22. The van der Waals surface area contributed by atoms with Gasteiger partial charge in [0, 0.05) is 0 Å². The fourth-order valence-corrected chi connectivity index (χ4v) is 2.32. The van der Waals surface area contributed by atoms with Crippen LogP contribution in [0.5, 0.6) is 0 Å². The molecule has 0 aromatic heterocycles. The first-order valence-electron chi connectivity index (χ1n) is 4.26. The average molecular weight is 184 g/mol. The molecule has 0 saturated heterocycles. The fourth-order valence-electron chi connectivity index (χ4n) is 1.67. The van der Waals surface area contributed by atoms with Gasteiger partial charge in [-0.05, 0) is 31.3 Å². The van der Waals surface area contributed by atoms with E-state index in [9.17, 15) is 4.79 Å². The highest BCUT2D eigenvalue weighted by atomic mass is 32.1. The van der Waals surface area contributed by atoms with E-state index < -0.39 is 0 Å². The summed E-state index contributed by atoms with van der Waals surface area (Å²) in [5, 5.41) is -0.0938. The molecule has 1 unspecified atom stereocenters. The van der Waals surface area contributed by atoms with Gasteiger partial charge in [0.25, 0.3) is 0 Å². The van der Waals surface area contributed by atoms with Gasteiger partial charge in [0.15, 0.2) is 5.78 Å².